The third-order valence-corrected chi connectivity index (χ3v) is 2.26. The number of nitrogen functional groups attached to an aromatic ring is 1. The second-order valence-corrected chi connectivity index (χ2v) is 3.71. The number of hydrogen-bond donors (Lipinski definition) is 4. The molecular weight excluding hydrogens is 224 g/mol. The largest absolute Gasteiger partial charge is 0.481 e. The normalized spacial score (nSPS) is 11.8. The monoisotopic (exact) mass is 238 g/mol. The number of benzene rings is 1. The van der Waals surface area contributed by atoms with Gasteiger partial charge in [0.1, 0.15) is 6.04 Å². The molecular formula is C11H14N2O4. The first-order valence-corrected chi connectivity index (χ1v) is 4.97. The number of carboxylic acid groups (broad SMARTS) is 2. The number of nitrogens with two attached hydrogens (primary N) is 1. The highest BCUT2D eigenvalue weighted by atomic mass is 16.4. The molecule has 0 aromatic heterocycles. The summed E-state index contributed by atoms with van der Waals surface area (Å²) in [5, 5.41) is 20.1. The average molecular weight is 238 g/mol. The van der Waals surface area contributed by atoms with Crippen molar-refractivity contribution in [2.24, 2.45) is 0 Å². The van der Waals surface area contributed by atoms with Gasteiger partial charge in [0, 0.05) is 11.4 Å². The van der Waals surface area contributed by atoms with Crippen LogP contribution >= 0.6 is 0 Å². The summed E-state index contributed by atoms with van der Waals surface area (Å²) in [6.45, 7) is 1.76. The van der Waals surface area contributed by atoms with Gasteiger partial charge in [-0.25, -0.2) is 4.79 Å². The molecule has 17 heavy (non-hydrogen) atoms. The van der Waals surface area contributed by atoms with E-state index in [1.165, 1.54) is 0 Å². The van der Waals surface area contributed by atoms with Crippen LogP contribution in [0.25, 0.3) is 0 Å². The van der Waals surface area contributed by atoms with Crippen molar-refractivity contribution in [2.45, 2.75) is 19.4 Å². The first-order valence-electron chi connectivity index (χ1n) is 4.97. The summed E-state index contributed by atoms with van der Waals surface area (Å²) in [4.78, 5) is 21.4. The minimum Gasteiger partial charge on any atom is -0.481 e. The molecule has 0 saturated carbocycles. The van der Waals surface area contributed by atoms with Crippen LogP contribution in [-0.4, -0.2) is 28.2 Å². The summed E-state index contributed by atoms with van der Waals surface area (Å²) < 4.78 is 0. The van der Waals surface area contributed by atoms with Crippen LogP contribution in [0, 0.1) is 6.92 Å². The average Bonchev–Trinajstić information content (AvgIpc) is 2.19. The molecule has 0 bridgehead atoms. The number of nitrogens with one attached hydrogen (secondary N) is 1. The van der Waals surface area contributed by atoms with Gasteiger partial charge in [0.15, 0.2) is 0 Å². The third kappa shape index (κ3) is 3.67. The van der Waals surface area contributed by atoms with E-state index < -0.39 is 24.4 Å². The highest BCUT2D eigenvalue weighted by molar-refractivity contribution is 5.83. The number of carbonyl (C=O) groups is 2. The van der Waals surface area contributed by atoms with Crippen LogP contribution in [0.4, 0.5) is 11.4 Å². The maximum atomic E-state index is 10.9. The van der Waals surface area contributed by atoms with Crippen molar-refractivity contribution in [1.82, 2.24) is 0 Å². The summed E-state index contributed by atoms with van der Waals surface area (Å²) in [6, 6.07) is 3.77. The highest BCUT2D eigenvalue weighted by Crippen LogP contribution is 2.19. The summed E-state index contributed by atoms with van der Waals surface area (Å²) in [5.74, 6) is -2.37. The molecule has 0 aliphatic rings. The lowest BCUT2D eigenvalue weighted by molar-refractivity contribution is -0.144. The molecule has 1 atom stereocenters. The van der Waals surface area contributed by atoms with E-state index in [9.17, 15) is 9.59 Å². The molecule has 0 aliphatic heterocycles. The molecule has 1 unspecified atom stereocenters. The second kappa shape index (κ2) is 5.20. The van der Waals surface area contributed by atoms with Crippen molar-refractivity contribution in [3.8, 4) is 0 Å². The van der Waals surface area contributed by atoms with Gasteiger partial charge < -0.3 is 21.3 Å². The molecule has 6 nitrogen and oxygen atoms in total. The van der Waals surface area contributed by atoms with Gasteiger partial charge >= 0.3 is 11.9 Å². The molecule has 0 fully saturated rings. The van der Waals surface area contributed by atoms with E-state index in [1.807, 2.05) is 0 Å². The summed E-state index contributed by atoms with van der Waals surface area (Å²) in [6.07, 6.45) is -0.487. The van der Waals surface area contributed by atoms with E-state index in [-0.39, 0.29) is 0 Å². The maximum absolute atomic E-state index is 10.9. The quantitative estimate of drug-likeness (QED) is 0.567. The molecule has 92 valence electrons. The van der Waals surface area contributed by atoms with Crippen LogP contribution in [0.1, 0.15) is 12.0 Å². The summed E-state index contributed by atoms with van der Waals surface area (Å²) in [5.41, 5.74) is 7.46. The molecule has 1 rings (SSSR count). The van der Waals surface area contributed by atoms with Gasteiger partial charge in [0.05, 0.1) is 6.42 Å². The van der Waals surface area contributed by atoms with Gasteiger partial charge in [0.25, 0.3) is 0 Å². The molecule has 0 heterocycles. The van der Waals surface area contributed by atoms with Gasteiger partial charge in [0.2, 0.25) is 0 Å². The van der Waals surface area contributed by atoms with E-state index in [0.717, 1.165) is 5.56 Å². The zero-order valence-electron chi connectivity index (χ0n) is 9.30. The first-order chi connectivity index (χ1) is 7.90. The Balaban J connectivity index is 2.86. The minimum atomic E-state index is -1.20. The van der Waals surface area contributed by atoms with Crippen molar-refractivity contribution < 1.29 is 19.8 Å². The predicted molar refractivity (Wildman–Crippen MR) is 62.9 cm³/mol. The first kappa shape index (κ1) is 12.8. The van der Waals surface area contributed by atoms with E-state index in [0.29, 0.717) is 11.4 Å². The molecule has 1 aromatic carbocycles. The van der Waals surface area contributed by atoms with Crippen molar-refractivity contribution in [2.75, 3.05) is 11.1 Å². The molecule has 0 aliphatic carbocycles. The SMILES string of the molecule is Cc1cc(N)ccc1NC(CC(=O)O)C(=O)O. The van der Waals surface area contributed by atoms with Gasteiger partial charge in [-0.2, -0.15) is 0 Å². The Morgan fingerprint density at radius 2 is 2.06 bits per heavy atom. The summed E-state index contributed by atoms with van der Waals surface area (Å²) >= 11 is 0. The Bertz CT molecular complexity index is 445. The van der Waals surface area contributed by atoms with E-state index in [2.05, 4.69) is 5.32 Å². The molecule has 0 spiro atoms. The lowest BCUT2D eigenvalue weighted by atomic mass is 10.1. The predicted octanol–water partition coefficient (Wildman–Crippen LogP) is 0.917. The van der Waals surface area contributed by atoms with Crippen molar-refractivity contribution in [3.63, 3.8) is 0 Å². The van der Waals surface area contributed by atoms with Crippen LogP contribution < -0.4 is 11.1 Å². The van der Waals surface area contributed by atoms with Crippen LogP contribution in [0.3, 0.4) is 0 Å². The zero-order chi connectivity index (χ0) is 13.0. The second-order valence-electron chi connectivity index (χ2n) is 3.71. The smallest absolute Gasteiger partial charge is 0.326 e. The van der Waals surface area contributed by atoms with Crippen LogP contribution in [0.2, 0.25) is 0 Å². The van der Waals surface area contributed by atoms with Gasteiger partial charge in [-0.05, 0) is 30.7 Å². The van der Waals surface area contributed by atoms with Crippen LogP contribution in [-0.2, 0) is 9.59 Å². The Labute approximate surface area is 98.1 Å². The molecule has 0 saturated heterocycles. The highest BCUT2D eigenvalue weighted by Gasteiger charge is 2.21. The van der Waals surface area contributed by atoms with E-state index in [4.69, 9.17) is 15.9 Å². The Hall–Kier alpha value is -2.24. The van der Waals surface area contributed by atoms with Crippen LogP contribution in [0.15, 0.2) is 18.2 Å². The zero-order valence-corrected chi connectivity index (χ0v) is 9.30. The minimum absolute atomic E-state index is 0.487. The topological polar surface area (TPSA) is 113 Å². The number of aryl methyl sites for hydroxylation is 1. The molecule has 6 heteroatoms. The molecule has 0 radical (unpaired) electrons. The van der Waals surface area contributed by atoms with Crippen molar-refractivity contribution in [3.05, 3.63) is 23.8 Å². The fraction of sp³-hybridized carbons (Fsp3) is 0.273. The number of carboxylic acids is 2. The van der Waals surface area contributed by atoms with Gasteiger partial charge in [-0.3, -0.25) is 4.79 Å². The summed E-state index contributed by atoms with van der Waals surface area (Å²) in [7, 11) is 0. The lowest BCUT2D eigenvalue weighted by Crippen LogP contribution is -2.32. The van der Waals surface area contributed by atoms with Crippen LogP contribution in [0.5, 0.6) is 0 Å². The van der Waals surface area contributed by atoms with Crippen molar-refractivity contribution >= 4 is 23.3 Å². The maximum Gasteiger partial charge on any atom is 0.326 e. The Morgan fingerprint density at radius 3 is 2.53 bits per heavy atom. The number of anilines is 2. The Kier molecular flexibility index (Phi) is 3.92. The lowest BCUT2D eigenvalue weighted by Gasteiger charge is -2.15. The standard InChI is InChI=1S/C11H14N2O4/c1-6-4-7(12)2-3-8(6)13-9(11(16)17)5-10(14)15/h2-4,9,13H,5,12H2,1H3,(H,14,15)(H,16,17). The molecule has 0 amide bonds. The third-order valence-electron chi connectivity index (χ3n) is 2.26. The number of hydrogen-bond acceptors (Lipinski definition) is 4. The van der Waals surface area contributed by atoms with E-state index >= 15 is 0 Å². The fourth-order valence-corrected chi connectivity index (χ4v) is 1.41. The number of aliphatic carboxylic acids is 2. The van der Waals surface area contributed by atoms with E-state index in [1.54, 1.807) is 25.1 Å². The van der Waals surface area contributed by atoms with Crippen molar-refractivity contribution in [1.29, 1.82) is 0 Å². The van der Waals surface area contributed by atoms with Gasteiger partial charge in [-0.1, -0.05) is 0 Å². The molecule has 1 aromatic rings. The number of rotatable bonds is 5. The fourth-order valence-electron chi connectivity index (χ4n) is 1.41. The van der Waals surface area contributed by atoms with Gasteiger partial charge in [-0.15, -0.1) is 0 Å². The Morgan fingerprint density at radius 1 is 1.41 bits per heavy atom. The molecule has 5 N–H and O–H groups in total.